The highest BCUT2D eigenvalue weighted by atomic mass is 16.3. The molecule has 0 amide bonds. The van der Waals surface area contributed by atoms with Crippen molar-refractivity contribution in [1.82, 2.24) is 4.57 Å². The third kappa shape index (κ3) is 5.49. The molecular weight excluding hydrogens is 791 g/mol. The number of nitrogens with zero attached hydrogens (tertiary/aromatic N) is 1. The van der Waals surface area contributed by atoms with Crippen molar-refractivity contribution in [3.05, 3.63) is 224 Å². The molecule has 3 nitrogen and oxygen atoms in total. The number of rotatable bonds is 5. The highest BCUT2D eigenvalue weighted by Gasteiger charge is 2.19. The summed E-state index contributed by atoms with van der Waals surface area (Å²) in [7, 11) is 0. The molecule has 11 aromatic carbocycles. The van der Waals surface area contributed by atoms with Gasteiger partial charge in [0.1, 0.15) is 22.3 Å². The van der Waals surface area contributed by atoms with E-state index in [2.05, 4.69) is 217 Å². The summed E-state index contributed by atoms with van der Waals surface area (Å²) in [6.07, 6.45) is 0. The number of benzene rings is 11. The molecule has 0 aliphatic carbocycles. The molecule has 3 heterocycles. The third-order valence-electron chi connectivity index (χ3n) is 13.6. The van der Waals surface area contributed by atoms with Crippen LogP contribution < -0.4 is 0 Å². The van der Waals surface area contributed by atoms with Gasteiger partial charge in [-0.15, -0.1) is 0 Å². The fourth-order valence-electron chi connectivity index (χ4n) is 10.5. The molecule has 0 atom stereocenters. The van der Waals surface area contributed by atoms with Crippen LogP contribution in [0.25, 0.3) is 137 Å². The molecule has 0 saturated heterocycles. The Bertz CT molecular complexity index is 4220. The molecule has 14 aromatic rings. The van der Waals surface area contributed by atoms with Crippen molar-refractivity contribution in [3.8, 4) is 50.2 Å². The van der Waals surface area contributed by atoms with E-state index in [0.29, 0.717) is 0 Å². The molecule has 0 unspecified atom stereocenters. The van der Waals surface area contributed by atoms with Crippen molar-refractivity contribution >= 4 is 87.2 Å². The van der Waals surface area contributed by atoms with Crippen LogP contribution in [0.15, 0.2) is 233 Å². The molecule has 0 radical (unpaired) electrons. The second kappa shape index (κ2) is 13.9. The Balaban J connectivity index is 0.947. The Morgan fingerprint density at radius 2 is 0.785 bits per heavy atom. The minimum atomic E-state index is 0.900. The van der Waals surface area contributed by atoms with E-state index in [1.165, 1.54) is 43.4 Å². The van der Waals surface area contributed by atoms with Crippen LogP contribution in [0.2, 0.25) is 0 Å². The van der Waals surface area contributed by atoms with E-state index in [4.69, 9.17) is 8.83 Å². The fourth-order valence-corrected chi connectivity index (χ4v) is 10.5. The van der Waals surface area contributed by atoms with Gasteiger partial charge in [-0.05, 0) is 116 Å². The molecule has 0 aliphatic rings. The van der Waals surface area contributed by atoms with Crippen molar-refractivity contribution in [1.29, 1.82) is 0 Å². The van der Waals surface area contributed by atoms with Crippen LogP contribution in [0.4, 0.5) is 0 Å². The predicted octanol–water partition coefficient (Wildman–Crippen LogP) is 17.6. The lowest BCUT2D eigenvalue weighted by molar-refractivity contribution is 0.669. The molecule has 0 saturated carbocycles. The number of para-hydroxylation sites is 3. The highest BCUT2D eigenvalue weighted by molar-refractivity contribution is 6.17. The Morgan fingerprint density at radius 1 is 0.262 bits per heavy atom. The average Bonchev–Trinajstić information content (AvgIpc) is 4.05. The Kier molecular flexibility index (Phi) is 7.69. The normalized spacial score (nSPS) is 12.0. The molecule has 3 heteroatoms. The van der Waals surface area contributed by atoms with Gasteiger partial charge in [-0.25, -0.2) is 0 Å². The van der Waals surface area contributed by atoms with E-state index in [-0.39, 0.29) is 0 Å². The maximum absolute atomic E-state index is 6.82. The molecule has 0 N–H and O–H groups in total. The SMILES string of the molecule is c1ccc(-c2cccc3c2oc2c(-c4ccc(-n5c6ccc(-c7ccc8oc9ccccc9c8c7)cc6c6cc(-c7cc8ccccc8c8ccccc78)ccc65)cc4)cccc23)cc1. The van der Waals surface area contributed by atoms with Gasteiger partial charge in [-0.2, -0.15) is 0 Å². The molecule has 302 valence electrons. The number of hydrogen-bond acceptors (Lipinski definition) is 2. The maximum atomic E-state index is 6.82. The lowest BCUT2D eigenvalue weighted by atomic mass is 9.92. The standard InChI is InChI=1S/C62H37NO2/c1-2-12-38(13-3-1)46-19-10-21-51-52-22-11-20-47(62(52)65-61(46)51)39-24-29-44(30-25-39)63-57-31-26-40(41-28-33-60-56(35-41)50-18-8-9-23-59(50)64-60)34-54(57)55-37-43(27-32-58(55)63)53-36-42-14-4-5-15-45(42)48-16-6-7-17-49(48)53/h1-37H. The van der Waals surface area contributed by atoms with E-state index in [1.54, 1.807) is 0 Å². The molecule has 14 rings (SSSR count). The number of aromatic nitrogens is 1. The number of furan rings is 2. The monoisotopic (exact) mass is 827 g/mol. The van der Waals surface area contributed by atoms with E-state index < -0.39 is 0 Å². The number of fused-ring (bicyclic) bond motifs is 12. The summed E-state index contributed by atoms with van der Waals surface area (Å²) in [5, 5.41) is 11.9. The van der Waals surface area contributed by atoms with Crippen molar-refractivity contribution < 1.29 is 8.83 Å². The Labute approximate surface area is 373 Å². The minimum absolute atomic E-state index is 0.900. The van der Waals surface area contributed by atoms with Gasteiger partial charge in [0.15, 0.2) is 0 Å². The summed E-state index contributed by atoms with van der Waals surface area (Å²) >= 11 is 0. The zero-order chi connectivity index (χ0) is 42.6. The second-order valence-electron chi connectivity index (χ2n) is 17.2. The highest BCUT2D eigenvalue weighted by Crippen LogP contribution is 2.43. The van der Waals surface area contributed by atoms with Crippen LogP contribution in [0, 0.1) is 0 Å². The van der Waals surface area contributed by atoms with Gasteiger partial charge in [0.25, 0.3) is 0 Å². The topological polar surface area (TPSA) is 31.2 Å². The zero-order valence-corrected chi connectivity index (χ0v) is 35.1. The van der Waals surface area contributed by atoms with Crippen LogP contribution in [0.1, 0.15) is 0 Å². The third-order valence-corrected chi connectivity index (χ3v) is 13.6. The summed E-state index contributed by atoms with van der Waals surface area (Å²) in [5.74, 6) is 0. The van der Waals surface area contributed by atoms with Crippen LogP contribution in [-0.2, 0) is 0 Å². The molecule has 0 bridgehead atoms. The minimum Gasteiger partial charge on any atom is -0.456 e. The van der Waals surface area contributed by atoms with Crippen LogP contribution in [0.3, 0.4) is 0 Å². The van der Waals surface area contributed by atoms with Crippen LogP contribution in [0.5, 0.6) is 0 Å². The molecule has 0 aliphatic heterocycles. The van der Waals surface area contributed by atoms with E-state index >= 15 is 0 Å². The smallest absolute Gasteiger partial charge is 0.143 e. The van der Waals surface area contributed by atoms with Crippen LogP contribution >= 0.6 is 0 Å². The van der Waals surface area contributed by atoms with Gasteiger partial charge in [0.05, 0.1) is 11.0 Å². The predicted molar refractivity (Wildman–Crippen MR) is 272 cm³/mol. The van der Waals surface area contributed by atoms with Gasteiger partial charge >= 0.3 is 0 Å². The second-order valence-corrected chi connectivity index (χ2v) is 17.2. The summed E-state index contributed by atoms with van der Waals surface area (Å²) < 4.78 is 15.5. The number of hydrogen-bond donors (Lipinski definition) is 0. The fraction of sp³-hybridized carbons (Fsp3) is 0. The molecule has 0 fully saturated rings. The molecular formula is C62H37NO2. The van der Waals surface area contributed by atoms with E-state index in [1.807, 2.05) is 12.1 Å². The van der Waals surface area contributed by atoms with Gasteiger partial charge in [-0.1, -0.05) is 164 Å². The van der Waals surface area contributed by atoms with Gasteiger partial charge in [-0.3, -0.25) is 0 Å². The van der Waals surface area contributed by atoms with Crippen molar-refractivity contribution in [3.63, 3.8) is 0 Å². The van der Waals surface area contributed by atoms with Gasteiger partial charge in [0, 0.05) is 49.1 Å². The quantitative estimate of drug-likeness (QED) is 0.162. The lowest BCUT2D eigenvalue weighted by Crippen LogP contribution is -1.94. The van der Waals surface area contributed by atoms with Gasteiger partial charge in [0.2, 0.25) is 0 Å². The summed E-state index contributed by atoms with van der Waals surface area (Å²) in [6, 6.07) is 81.1. The Hall–Kier alpha value is -8.66. The molecule has 0 spiro atoms. The van der Waals surface area contributed by atoms with E-state index in [9.17, 15) is 0 Å². The first-order valence-electron chi connectivity index (χ1n) is 22.2. The summed E-state index contributed by atoms with van der Waals surface area (Å²) in [6.45, 7) is 0. The summed E-state index contributed by atoms with van der Waals surface area (Å²) in [5.41, 5.74) is 16.2. The first-order valence-corrected chi connectivity index (χ1v) is 22.2. The van der Waals surface area contributed by atoms with Crippen molar-refractivity contribution in [2.45, 2.75) is 0 Å². The zero-order valence-electron chi connectivity index (χ0n) is 35.1. The van der Waals surface area contributed by atoms with E-state index in [0.717, 1.165) is 94.0 Å². The largest absolute Gasteiger partial charge is 0.456 e. The first kappa shape index (κ1) is 35.9. The van der Waals surface area contributed by atoms with Crippen LogP contribution in [-0.4, -0.2) is 4.57 Å². The Morgan fingerprint density at radius 3 is 1.52 bits per heavy atom. The first-order chi connectivity index (χ1) is 32.2. The van der Waals surface area contributed by atoms with Gasteiger partial charge < -0.3 is 13.4 Å². The van der Waals surface area contributed by atoms with Crippen molar-refractivity contribution in [2.75, 3.05) is 0 Å². The molecule has 65 heavy (non-hydrogen) atoms. The lowest BCUT2D eigenvalue weighted by Gasteiger charge is -2.12. The molecule has 3 aromatic heterocycles. The summed E-state index contributed by atoms with van der Waals surface area (Å²) in [4.78, 5) is 0. The average molecular weight is 828 g/mol. The maximum Gasteiger partial charge on any atom is 0.143 e. The van der Waals surface area contributed by atoms with Crippen molar-refractivity contribution in [2.24, 2.45) is 0 Å².